The summed E-state index contributed by atoms with van der Waals surface area (Å²) in [7, 11) is 0. The van der Waals surface area contributed by atoms with Crippen LogP contribution in [0, 0.1) is 18.8 Å². The molecule has 16 heavy (non-hydrogen) atoms. The smallest absolute Gasteiger partial charge is 0.224 e. The molecule has 1 atom stereocenters. The van der Waals surface area contributed by atoms with Crippen LogP contribution in [0.5, 0.6) is 0 Å². The molecule has 1 aromatic rings. The van der Waals surface area contributed by atoms with Gasteiger partial charge >= 0.3 is 0 Å². The standard InChI is InChI=1S/C11H19N3OS/c1-7(2)10(4-12)11(15)14-6-9-5-13-8(3)16-9/h5,7,10H,4,6,12H2,1-3H3,(H,14,15). The molecule has 0 saturated heterocycles. The maximum absolute atomic E-state index is 11.8. The number of amides is 1. The lowest BCUT2D eigenvalue weighted by Gasteiger charge is -2.17. The summed E-state index contributed by atoms with van der Waals surface area (Å²) in [5.41, 5.74) is 5.58. The summed E-state index contributed by atoms with van der Waals surface area (Å²) < 4.78 is 0. The van der Waals surface area contributed by atoms with Crippen LogP contribution in [0.25, 0.3) is 0 Å². The maximum Gasteiger partial charge on any atom is 0.224 e. The predicted molar refractivity (Wildman–Crippen MR) is 66.1 cm³/mol. The molecule has 0 spiro atoms. The van der Waals surface area contributed by atoms with Crippen molar-refractivity contribution in [3.63, 3.8) is 0 Å². The van der Waals surface area contributed by atoms with E-state index in [-0.39, 0.29) is 17.7 Å². The number of aryl methyl sites for hydroxylation is 1. The van der Waals surface area contributed by atoms with Gasteiger partial charge in [0.15, 0.2) is 0 Å². The van der Waals surface area contributed by atoms with Crippen LogP contribution in [-0.4, -0.2) is 17.4 Å². The van der Waals surface area contributed by atoms with Gasteiger partial charge < -0.3 is 11.1 Å². The minimum Gasteiger partial charge on any atom is -0.351 e. The van der Waals surface area contributed by atoms with Crippen molar-refractivity contribution in [3.05, 3.63) is 16.1 Å². The third-order valence-corrected chi connectivity index (χ3v) is 3.41. The average Bonchev–Trinajstić information content (AvgIpc) is 2.62. The fraction of sp³-hybridized carbons (Fsp3) is 0.636. The van der Waals surface area contributed by atoms with E-state index < -0.39 is 0 Å². The van der Waals surface area contributed by atoms with E-state index in [9.17, 15) is 4.79 Å². The highest BCUT2D eigenvalue weighted by atomic mass is 32.1. The second-order valence-corrected chi connectivity index (χ2v) is 5.47. The number of carbonyl (C=O) groups is 1. The molecule has 0 aliphatic carbocycles. The summed E-state index contributed by atoms with van der Waals surface area (Å²) in [4.78, 5) is 17.0. The first kappa shape index (κ1) is 13.1. The number of carbonyl (C=O) groups excluding carboxylic acids is 1. The van der Waals surface area contributed by atoms with Gasteiger partial charge in [0.1, 0.15) is 0 Å². The van der Waals surface area contributed by atoms with Crippen LogP contribution in [0.4, 0.5) is 0 Å². The molecular formula is C11H19N3OS. The molecule has 3 N–H and O–H groups in total. The minimum absolute atomic E-state index is 0.0311. The SMILES string of the molecule is Cc1ncc(CNC(=O)C(CN)C(C)C)s1. The second-order valence-electron chi connectivity index (χ2n) is 4.15. The Hall–Kier alpha value is -0.940. The highest BCUT2D eigenvalue weighted by Gasteiger charge is 2.19. The number of nitrogens with one attached hydrogen (secondary N) is 1. The molecule has 0 saturated carbocycles. The van der Waals surface area contributed by atoms with E-state index in [1.807, 2.05) is 20.8 Å². The van der Waals surface area contributed by atoms with Crippen LogP contribution in [0.2, 0.25) is 0 Å². The van der Waals surface area contributed by atoms with Crippen molar-refractivity contribution in [2.75, 3.05) is 6.54 Å². The van der Waals surface area contributed by atoms with Gasteiger partial charge in [0.05, 0.1) is 17.5 Å². The molecule has 5 heteroatoms. The Kier molecular flexibility index (Phi) is 4.89. The molecule has 1 rings (SSSR count). The lowest BCUT2D eigenvalue weighted by atomic mass is 9.95. The summed E-state index contributed by atoms with van der Waals surface area (Å²) in [6.45, 7) is 6.91. The Morgan fingerprint density at radius 3 is 2.75 bits per heavy atom. The molecule has 0 aliphatic heterocycles. The van der Waals surface area contributed by atoms with Crippen molar-refractivity contribution < 1.29 is 4.79 Å². The van der Waals surface area contributed by atoms with Crippen molar-refractivity contribution in [2.24, 2.45) is 17.6 Å². The topological polar surface area (TPSA) is 68.0 Å². The number of nitrogens with two attached hydrogens (primary N) is 1. The Balaban J connectivity index is 2.45. The number of rotatable bonds is 5. The highest BCUT2D eigenvalue weighted by Crippen LogP contribution is 2.12. The van der Waals surface area contributed by atoms with Crippen LogP contribution < -0.4 is 11.1 Å². The Bertz CT molecular complexity index is 349. The molecule has 0 radical (unpaired) electrons. The van der Waals surface area contributed by atoms with Gasteiger partial charge in [-0.2, -0.15) is 0 Å². The van der Waals surface area contributed by atoms with Crippen LogP contribution in [0.3, 0.4) is 0 Å². The van der Waals surface area contributed by atoms with Crippen molar-refractivity contribution in [2.45, 2.75) is 27.3 Å². The zero-order valence-electron chi connectivity index (χ0n) is 9.99. The van der Waals surface area contributed by atoms with Gasteiger partial charge in [-0.05, 0) is 12.8 Å². The molecule has 0 aromatic carbocycles. The van der Waals surface area contributed by atoms with E-state index in [0.717, 1.165) is 9.88 Å². The molecule has 90 valence electrons. The van der Waals surface area contributed by atoms with E-state index in [1.54, 1.807) is 17.5 Å². The van der Waals surface area contributed by atoms with Gasteiger partial charge in [-0.1, -0.05) is 13.8 Å². The average molecular weight is 241 g/mol. The molecule has 0 aliphatic rings. The Morgan fingerprint density at radius 1 is 1.62 bits per heavy atom. The second kappa shape index (κ2) is 5.96. The summed E-state index contributed by atoms with van der Waals surface area (Å²) in [5.74, 6) is 0.200. The summed E-state index contributed by atoms with van der Waals surface area (Å²) >= 11 is 1.60. The highest BCUT2D eigenvalue weighted by molar-refractivity contribution is 7.11. The summed E-state index contributed by atoms with van der Waals surface area (Å²) in [6, 6.07) is 0. The molecule has 0 bridgehead atoms. The van der Waals surface area contributed by atoms with Crippen LogP contribution in [0.15, 0.2) is 6.20 Å². The van der Waals surface area contributed by atoms with Gasteiger partial charge in [-0.3, -0.25) is 4.79 Å². The normalized spacial score (nSPS) is 12.8. The van der Waals surface area contributed by atoms with E-state index in [0.29, 0.717) is 13.1 Å². The zero-order chi connectivity index (χ0) is 12.1. The molecule has 1 aromatic heterocycles. The molecule has 1 heterocycles. The number of nitrogens with zero attached hydrogens (tertiary/aromatic N) is 1. The van der Waals surface area contributed by atoms with E-state index in [4.69, 9.17) is 5.73 Å². The van der Waals surface area contributed by atoms with Gasteiger partial charge in [0.2, 0.25) is 5.91 Å². The molecule has 4 nitrogen and oxygen atoms in total. The lowest BCUT2D eigenvalue weighted by molar-refractivity contribution is -0.126. The van der Waals surface area contributed by atoms with Gasteiger partial charge in [0, 0.05) is 17.6 Å². The predicted octanol–water partition coefficient (Wildman–Crippen LogP) is 1.30. The quantitative estimate of drug-likeness (QED) is 0.816. The van der Waals surface area contributed by atoms with Crippen molar-refractivity contribution in [3.8, 4) is 0 Å². The lowest BCUT2D eigenvalue weighted by Crippen LogP contribution is -2.37. The molecule has 0 fully saturated rings. The number of hydrogen-bond acceptors (Lipinski definition) is 4. The number of hydrogen-bond donors (Lipinski definition) is 2. The molecule has 1 unspecified atom stereocenters. The first-order valence-electron chi connectivity index (χ1n) is 5.43. The zero-order valence-corrected chi connectivity index (χ0v) is 10.8. The minimum atomic E-state index is -0.103. The number of thiazole rings is 1. The van der Waals surface area contributed by atoms with Crippen LogP contribution in [-0.2, 0) is 11.3 Å². The van der Waals surface area contributed by atoms with Gasteiger partial charge in [-0.25, -0.2) is 4.98 Å². The van der Waals surface area contributed by atoms with E-state index in [1.165, 1.54) is 0 Å². The van der Waals surface area contributed by atoms with E-state index >= 15 is 0 Å². The number of aromatic nitrogens is 1. The third kappa shape index (κ3) is 3.57. The summed E-state index contributed by atoms with van der Waals surface area (Å²) in [6.07, 6.45) is 1.80. The largest absolute Gasteiger partial charge is 0.351 e. The summed E-state index contributed by atoms with van der Waals surface area (Å²) in [5, 5.41) is 3.91. The first-order chi connectivity index (χ1) is 7.54. The molecular weight excluding hydrogens is 222 g/mol. The Morgan fingerprint density at radius 2 is 2.31 bits per heavy atom. The maximum atomic E-state index is 11.8. The Labute approximate surface area is 100 Å². The van der Waals surface area contributed by atoms with Gasteiger partial charge in [0.25, 0.3) is 0 Å². The fourth-order valence-electron chi connectivity index (χ4n) is 1.47. The van der Waals surface area contributed by atoms with Crippen LogP contribution >= 0.6 is 11.3 Å². The molecule has 1 amide bonds. The third-order valence-electron chi connectivity index (χ3n) is 2.50. The van der Waals surface area contributed by atoms with Gasteiger partial charge in [-0.15, -0.1) is 11.3 Å². The van der Waals surface area contributed by atoms with Crippen molar-refractivity contribution in [1.82, 2.24) is 10.3 Å². The van der Waals surface area contributed by atoms with Crippen LogP contribution in [0.1, 0.15) is 23.7 Å². The first-order valence-corrected chi connectivity index (χ1v) is 6.25. The van der Waals surface area contributed by atoms with Crippen molar-refractivity contribution in [1.29, 1.82) is 0 Å². The van der Waals surface area contributed by atoms with E-state index in [2.05, 4.69) is 10.3 Å². The monoisotopic (exact) mass is 241 g/mol. The fourth-order valence-corrected chi connectivity index (χ4v) is 2.21. The van der Waals surface area contributed by atoms with Crippen molar-refractivity contribution >= 4 is 17.2 Å².